The van der Waals surface area contributed by atoms with Crippen molar-refractivity contribution in [3.8, 4) is 5.75 Å². The van der Waals surface area contributed by atoms with Gasteiger partial charge in [0, 0.05) is 29.6 Å². The zero-order valence-corrected chi connectivity index (χ0v) is 29.3. The highest BCUT2D eigenvalue weighted by Crippen LogP contribution is 2.58. The number of carbonyl (C=O) groups excluding carboxylic acids is 2. The lowest BCUT2D eigenvalue weighted by atomic mass is 9.71. The van der Waals surface area contributed by atoms with Crippen LogP contribution in [0, 0.1) is 11.8 Å². The Morgan fingerprint density at radius 3 is 2.37 bits per heavy atom. The van der Waals surface area contributed by atoms with E-state index in [1.165, 1.54) is 0 Å². The van der Waals surface area contributed by atoms with Crippen molar-refractivity contribution in [2.24, 2.45) is 11.8 Å². The number of rotatable bonds is 9. The Bertz CT molecular complexity index is 2110. The van der Waals surface area contributed by atoms with E-state index in [1.54, 1.807) is 34.5 Å². The van der Waals surface area contributed by atoms with Crippen molar-refractivity contribution in [1.82, 2.24) is 15.0 Å². The first-order valence-corrected chi connectivity index (χ1v) is 17.6. The molecule has 2 N–H and O–H groups in total. The molecule has 266 valence electrons. The van der Waals surface area contributed by atoms with Gasteiger partial charge in [0.1, 0.15) is 17.5 Å². The Hall–Kier alpha value is -5.36. The minimum absolute atomic E-state index is 0.0397. The van der Waals surface area contributed by atoms with E-state index < -0.39 is 23.4 Å². The highest BCUT2D eigenvalue weighted by Gasteiger charge is 2.65. The molecule has 4 aromatic carbocycles. The number of amides is 2. The van der Waals surface area contributed by atoms with Crippen LogP contribution in [0.25, 0.3) is 0 Å². The van der Waals surface area contributed by atoms with Crippen LogP contribution in [0.15, 0.2) is 109 Å². The third-order valence-corrected chi connectivity index (χ3v) is 10.7. The number of fused-ring (bicyclic) bond motifs is 3. The summed E-state index contributed by atoms with van der Waals surface area (Å²) in [5.74, 6) is -0.424. The molecule has 11 heteroatoms. The van der Waals surface area contributed by atoms with E-state index >= 15 is 0 Å². The smallest absolute Gasteiger partial charge is 0.269 e. The highest BCUT2D eigenvalue weighted by molar-refractivity contribution is 6.07. The number of carbonyl (C=O) groups is 2. The van der Waals surface area contributed by atoms with E-state index in [4.69, 9.17) is 9.47 Å². The fourth-order valence-corrected chi connectivity index (χ4v) is 8.39. The molecule has 2 amide bonds. The fourth-order valence-electron chi connectivity index (χ4n) is 8.39. The highest BCUT2D eigenvalue weighted by atomic mass is 16.5. The second kappa shape index (κ2) is 13.0. The number of hydrogen-bond donors (Lipinski definition) is 2. The lowest BCUT2D eigenvalue weighted by Gasteiger charge is -2.34. The van der Waals surface area contributed by atoms with E-state index in [0.717, 1.165) is 22.4 Å². The molecule has 1 fully saturated rings. The van der Waals surface area contributed by atoms with Gasteiger partial charge in [0.15, 0.2) is 12.2 Å². The first-order valence-electron chi connectivity index (χ1n) is 17.6. The number of ether oxygens (including phenoxy) is 2. The van der Waals surface area contributed by atoms with Crippen LogP contribution >= 0.6 is 0 Å². The van der Waals surface area contributed by atoms with Crippen molar-refractivity contribution in [2.75, 3.05) is 16.4 Å². The maximum Gasteiger partial charge on any atom is 0.269 e. The van der Waals surface area contributed by atoms with Crippen LogP contribution < -0.4 is 14.5 Å². The lowest BCUT2D eigenvalue weighted by Crippen LogP contribution is -2.46. The molecule has 5 atom stereocenters. The topological polar surface area (TPSA) is 130 Å². The van der Waals surface area contributed by atoms with Crippen molar-refractivity contribution < 1.29 is 29.3 Å². The largest absolute Gasteiger partial charge is 0.482 e. The molecular formula is C41H41N5O6. The molecule has 0 saturated carbocycles. The summed E-state index contributed by atoms with van der Waals surface area (Å²) >= 11 is 0. The first kappa shape index (κ1) is 33.8. The molecule has 4 heterocycles. The molecule has 0 radical (unpaired) electrons. The van der Waals surface area contributed by atoms with Gasteiger partial charge in [0.05, 0.1) is 35.8 Å². The van der Waals surface area contributed by atoms with Gasteiger partial charge in [-0.3, -0.25) is 19.2 Å². The van der Waals surface area contributed by atoms with Gasteiger partial charge >= 0.3 is 0 Å². The number of aliphatic hydroxyl groups is 2. The number of anilines is 3. The molecular weight excluding hydrogens is 658 g/mol. The average Bonchev–Trinajstić information content (AvgIpc) is 3.81. The zero-order chi connectivity index (χ0) is 36.2. The standard InChI is InChI=1S/C41H41N5O6/c1-26-37(40(2,3)50)35(21-22-44-24-31(42-43-44)38(48)28-11-5-4-6-12-28)52-41(26)30-13-7-8-14-32(30)45(39(41)49)23-27-17-19-29(20-18-27)46-33-15-9-10-16-34(33)51-25-36(46)47/h4-20,24,26,35,37-38,48,50H,21-23,25H2,1-3H3/t26-,35+,37-,38-,41+/m1/s1. The molecule has 1 saturated heterocycles. The van der Waals surface area contributed by atoms with Crippen LogP contribution in [0.1, 0.15) is 55.7 Å². The Morgan fingerprint density at radius 1 is 0.923 bits per heavy atom. The number of benzene rings is 4. The second-order valence-electron chi connectivity index (χ2n) is 14.4. The van der Waals surface area contributed by atoms with Gasteiger partial charge in [0.2, 0.25) is 0 Å². The van der Waals surface area contributed by atoms with Crippen molar-refractivity contribution in [3.63, 3.8) is 0 Å². The van der Waals surface area contributed by atoms with Crippen LogP contribution in [0.5, 0.6) is 5.75 Å². The molecule has 8 rings (SSSR count). The summed E-state index contributed by atoms with van der Waals surface area (Å²) in [7, 11) is 0. The van der Waals surface area contributed by atoms with E-state index in [2.05, 4.69) is 10.3 Å². The summed E-state index contributed by atoms with van der Waals surface area (Å²) in [5, 5.41) is 30.9. The van der Waals surface area contributed by atoms with Crippen LogP contribution in [0.4, 0.5) is 17.1 Å². The Balaban J connectivity index is 1.04. The molecule has 0 unspecified atom stereocenters. The minimum Gasteiger partial charge on any atom is -0.482 e. The van der Waals surface area contributed by atoms with Gasteiger partial charge in [-0.25, -0.2) is 0 Å². The van der Waals surface area contributed by atoms with Crippen LogP contribution in [0.3, 0.4) is 0 Å². The molecule has 1 spiro atoms. The van der Waals surface area contributed by atoms with Crippen molar-refractivity contribution >= 4 is 28.9 Å². The summed E-state index contributed by atoms with van der Waals surface area (Å²) < 4.78 is 14.2. The number of hydrogen-bond acceptors (Lipinski definition) is 8. The molecule has 52 heavy (non-hydrogen) atoms. The molecule has 3 aliphatic heterocycles. The van der Waals surface area contributed by atoms with E-state index in [0.29, 0.717) is 42.3 Å². The molecule has 11 nitrogen and oxygen atoms in total. The third-order valence-electron chi connectivity index (χ3n) is 10.7. The second-order valence-corrected chi connectivity index (χ2v) is 14.4. The maximum atomic E-state index is 14.8. The summed E-state index contributed by atoms with van der Waals surface area (Å²) in [6, 6.07) is 32.1. The van der Waals surface area contributed by atoms with Gasteiger partial charge in [-0.15, -0.1) is 5.10 Å². The Labute approximate surface area is 302 Å². The summed E-state index contributed by atoms with van der Waals surface area (Å²) in [6.07, 6.45) is 0.804. The van der Waals surface area contributed by atoms with E-state index in [-0.39, 0.29) is 30.3 Å². The van der Waals surface area contributed by atoms with Gasteiger partial charge in [-0.2, -0.15) is 0 Å². The molecule has 5 aromatic rings. The number of nitrogens with zero attached hydrogens (tertiary/aromatic N) is 5. The number of aliphatic hydroxyl groups excluding tert-OH is 1. The number of aromatic nitrogens is 3. The SMILES string of the molecule is C[C@@H]1[C@@H](C(C)(C)O)[C@H](CCn2cc([C@H](O)c3ccccc3)nn2)O[C@@]12C(=O)N(Cc1ccc(N3C(=O)COc4ccccc43)cc1)c1ccccc12. The minimum atomic E-state index is -1.30. The van der Waals surface area contributed by atoms with Crippen molar-refractivity contribution in [2.45, 2.75) is 63.7 Å². The summed E-state index contributed by atoms with van der Waals surface area (Å²) in [5.41, 5.74) is 2.55. The Morgan fingerprint density at radius 2 is 1.62 bits per heavy atom. The Kier molecular flexibility index (Phi) is 8.44. The molecule has 3 aliphatic rings. The van der Waals surface area contributed by atoms with Gasteiger partial charge < -0.3 is 24.6 Å². The van der Waals surface area contributed by atoms with Gasteiger partial charge in [-0.05, 0) is 61.7 Å². The van der Waals surface area contributed by atoms with Gasteiger partial charge in [0.25, 0.3) is 11.8 Å². The summed E-state index contributed by atoms with van der Waals surface area (Å²) in [6.45, 7) is 6.21. The normalized spacial score (nSPS) is 23.1. The predicted molar refractivity (Wildman–Crippen MR) is 194 cm³/mol. The molecule has 0 bridgehead atoms. The fraction of sp³-hybridized carbons (Fsp3) is 0.317. The van der Waals surface area contributed by atoms with Crippen LogP contribution in [-0.4, -0.2) is 55.3 Å². The average molecular weight is 700 g/mol. The number of aryl methyl sites for hydroxylation is 1. The molecule has 0 aliphatic carbocycles. The van der Waals surface area contributed by atoms with Crippen molar-refractivity contribution in [3.05, 3.63) is 132 Å². The molecule has 1 aromatic heterocycles. The van der Waals surface area contributed by atoms with Crippen molar-refractivity contribution in [1.29, 1.82) is 0 Å². The van der Waals surface area contributed by atoms with E-state index in [1.807, 2.05) is 110 Å². The monoisotopic (exact) mass is 699 g/mol. The lowest BCUT2D eigenvalue weighted by molar-refractivity contribution is -0.146. The quantitative estimate of drug-likeness (QED) is 0.201. The number of para-hydroxylation sites is 3. The van der Waals surface area contributed by atoms with Gasteiger partial charge in [-0.1, -0.05) is 84.9 Å². The maximum absolute atomic E-state index is 14.8. The van der Waals surface area contributed by atoms with Crippen LogP contribution in [-0.2, 0) is 33.0 Å². The first-order chi connectivity index (χ1) is 25.1. The zero-order valence-electron chi connectivity index (χ0n) is 29.3. The van der Waals surface area contributed by atoms with Crippen LogP contribution in [0.2, 0.25) is 0 Å². The predicted octanol–water partition coefficient (Wildman–Crippen LogP) is 5.67. The van der Waals surface area contributed by atoms with E-state index in [9.17, 15) is 19.8 Å². The third kappa shape index (κ3) is 5.65. The summed E-state index contributed by atoms with van der Waals surface area (Å²) in [4.78, 5) is 31.1.